The summed E-state index contributed by atoms with van der Waals surface area (Å²) >= 11 is 3.04. The smallest absolute Gasteiger partial charge is 0.450 e. The molecule has 6 aromatic heterocycles. The SMILES string of the molecule is CCOC(=O)NCCC(C)(C)C(=O)SCCOP1(=O)OC[C@H]2O[C@@H](n3cnc4cnc(N)nc43)[C@](C)(O)[C@@H]2O1.CCOC(=O)NCCC(C)(C)C(=O)SCCO[P@@]1(=O)OC[C@H]2O[C@@H](n3cnc4cnc(N)nc43)[C@](C)(O)[C@@H]2O1.CCOC(=O)NCCC(C)(C)C(=O)SCCO[P@]1(=O)OC[C@H]2O[C@@H](n3cnc4cnc(N)nc43)[C@](C)(O)[C@@H]2O1. The van der Waals surface area contributed by atoms with Crippen LogP contribution in [0, 0.1) is 16.2 Å². The summed E-state index contributed by atoms with van der Waals surface area (Å²) in [5, 5.41) is 41.5. The molecule has 6 aliphatic rings. The number of hydrogen-bond donors (Lipinski definition) is 9. The van der Waals surface area contributed by atoms with Gasteiger partial charge >= 0.3 is 41.7 Å². The van der Waals surface area contributed by atoms with Gasteiger partial charge in [0.1, 0.15) is 70.0 Å². The van der Waals surface area contributed by atoms with Gasteiger partial charge in [0.25, 0.3) is 0 Å². The molecule has 0 radical (unpaired) electrons. The van der Waals surface area contributed by atoms with E-state index in [1.807, 2.05) is 0 Å². The highest BCUT2D eigenvalue weighted by Crippen LogP contribution is 2.62. The van der Waals surface area contributed by atoms with E-state index in [-0.39, 0.29) is 130 Å². The second kappa shape index (κ2) is 38.4. The Kier molecular flexibility index (Phi) is 30.3. The Morgan fingerprint density at radius 3 is 0.974 bits per heavy atom. The van der Waals surface area contributed by atoms with Crippen LogP contribution in [-0.4, -0.2) is 257 Å². The number of alkyl carbamates (subject to hydrolysis) is 3. The number of rotatable bonds is 30. The summed E-state index contributed by atoms with van der Waals surface area (Å²) in [6.07, 6.45) is -0.00845. The van der Waals surface area contributed by atoms with Crippen molar-refractivity contribution in [3.8, 4) is 0 Å². The van der Waals surface area contributed by atoms with Crippen LogP contribution in [0.1, 0.15) is 121 Å². The van der Waals surface area contributed by atoms with Gasteiger partial charge in [-0.1, -0.05) is 76.8 Å². The molecule has 1 unspecified atom stereocenters. The Morgan fingerprint density at radius 2 is 0.726 bits per heavy atom. The predicted molar refractivity (Wildman–Crippen MR) is 419 cm³/mol. The minimum Gasteiger partial charge on any atom is -0.450 e. The summed E-state index contributed by atoms with van der Waals surface area (Å²) in [6.45, 7) is 21.1. The number of nitrogens with one attached hydrogen (secondary N) is 3. The summed E-state index contributed by atoms with van der Waals surface area (Å²) in [6, 6.07) is 0. The average molecular weight is 1770 g/mol. The molecular formula is C66H99N18O27P3S3. The average Bonchev–Trinajstić information content (AvgIpc) is 1.59. The topological polar surface area (TPSA) is 598 Å². The van der Waals surface area contributed by atoms with Gasteiger partial charge in [0.05, 0.1) is 97.0 Å². The Hall–Kier alpha value is -6.99. The second-order valence-corrected chi connectivity index (χ2v) is 37.7. The van der Waals surface area contributed by atoms with Gasteiger partial charge in [-0.2, -0.15) is 15.0 Å². The maximum Gasteiger partial charge on any atom is 0.475 e. The van der Waals surface area contributed by atoms with Gasteiger partial charge in [-0.3, -0.25) is 68.8 Å². The number of nitrogens with two attached hydrogens (primary N) is 3. The van der Waals surface area contributed by atoms with E-state index in [1.165, 1.54) is 72.0 Å². The Bertz CT molecular complexity index is 4230. The lowest BCUT2D eigenvalue weighted by molar-refractivity contribution is -0.119. The summed E-state index contributed by atoms with van der Waals surface area (Å²) < 4.78 is 126. The number of hydrogen-bond acceptors (Lipinski definition) is 42. The molecule has 12 heterocycles. The largest absolute Gasteiger partial charge is 0.475 e. The van der Waals surface area contributed by atoms with E-state index in [9.17, 15) is 57.8 Å². The summed E-state index contributed by atoms with van der Waals surface area (Å²) in [4.78, 5) is 109. The Balaban J connectivity index is 0.000000185. The van der Waals surface area contributed by atoms with Crippen LogP contribution in [0.3, 0.4) is 0 Å². The summed E-state index contributed by atoms with van der Waals surface area (Å²) in [7, 11) is -12.2. The number of phosphoric acid groups is 3. The minimum atomic E-state index is -4.06. The third kappa shape index (κ3) is 22.4. The van der Waals surface area contributed by atoms with Gasteiger partial charge in [0.15, 0.2) is 51.0 Å². The Labute approximate surface area is 683 Å². The first-order valence-corrected chi connectivity index (χ1v) is 44.4. The first-order valence-electron chi connectivity index (χ1n) is 37.0. The van der Waals surface area contributed by atoms with Gasteiger partial charge in [-0.25, -0.2) is 58.0 Å². The molecule has 12 rings (SSSR count). The zero-order valence-electron chi connectivity index (χ0n) is 66.2. The lowest BCUT2D eigenvalue weighted by atomic mass is 9.91. The fourth-order valence-electron chi connectivity index (χ4n) is 12.6. The third-order valence-corrected chi connectivity index (χ3v) is 27.0. The lowest BCUT2D eigenvalue weighted by Crippen LogP contribution is -2.47. The highest BCUT2D eigenvalue weighted by molar-refractivity contribution is 8.14. The van der Waals surface area contributed by atoms with Crippen LogP contribution in [0.5, 0.6) is 0 Å². The zero-order chi connectivity index (χ0) is 85.3. The molecule has 648 valence electrons. The van der Waals surface area contributed by atoms with Gasteiger partial charge in [-0.05, 0) is 60.8 Å². The lowest BCUT2D eigenvalue weighted by Gasteiger charge is -2.35. The van der Waals surface area contributed by atoms with Crippen molar-refractivity contribution < 1.29 is 127 Å². The number of imidazole rings is 3. The number of amides is 3. The molecule has 6 aromatic rings. The Morgan fingerprint density at radius 1 is 0.470 bits per heavy atom. The fraction of sp³-hybridized carbons (Fsp3) is 0.682. The van der Waals surface area contributed by atoms with Crippen molar-refractivity contribution in [2.24, 2.45) is 16.2 Å². The van der Waals surface area contributed by atoms with Crippen LogP contribution in [0.25, 0.3) is 33.5 Å². The van der Waals surface area contributed by atoms with Crippen molar-refractivity contribution in [2.75, 3.05) is 114 Å². The van der Waals surface area contributed by atoms with E-state index in [2.05, 4.69) is 60.8 Å². The van der Waals surface area contributed by atoms with Gasteiger partial charge < -0.3 is 76.9 Å². The number of nitrogen functional groups attached to an aromatic ring is 3. The molecule has 45 nitrogen and oxygen atoms in total. The number of ether oxygens (including phenoxy) is 6. The van der Waals surface area contributed by atoms with Crippen molar-refractivity contribution in [1.29, 1.82) is 0 Å². The van der Waals surface area contributed by atoms with Crippen LogP contribution in [0.15, 0.2) is 37.6 Å². The molecule has 117 heavy (non-hydrogen) atoms. The third-order valence-electron chi connectivity index (χ3n) is 19.1. The van der Waals surface area contributed by atoms with Crippen LogP contribution in [-0.2, 0) is 97.2 Å². The second-order valence-electron chi connectivity index (χ2n) is 29.6. The first-order chi connectivity index (χ1) is 55.1. The normalized spacial score (nSPS) is 28.8. The van der Waals surface area contributed by atoms with E-state index in [0.29, 0.717) is 52.8 Å². The molecule has 12 N–H and O–H groups in total. The molecule has 51 heteroatoms. The van der Waals surface area contributed by atoms with E-state index >= 15 is 0 Å². The number of nitrogens with zero attached hydrogens (tertiary/aromatic N) is 12. The molecule has 6 fully saturated rings. The van der Waals surface area contributed by atoms with Crippen LogP contribution in [0.4, 0.5) is 32.2 Å². The molecule has 15 atom stereocenters. The quantitative estimate of drug-likeness (QED) is 0.0141. The van der Waals surface area contributed by atoms with E-state index in [1.54, 1.807) is 62.3 Å². The number of fused-ring (bicyclic) bond motifs is 6. The predicted octanol–water partition coefficient (Wildman–Crippen LogP) is 6.06. The van der Waals surface area contributed by atoms with Gasteiger partial charge in [0.2, 0.25) is 17.8 Å². The molecule has 6 saturated heterocycles. The zero-order valence-corrected chi connectivity index (χ0v) is 71.3. The number of thioether (sulfide) groups is 3. The maximum absolute atomic E-state index is 13.2. The highest BCUT2D eigenvalue weighted by atomic mass is 32.2. The molecule has 3 amide bonds. The number of carbonyl (C=O) groups is 6. The standard InChI is InChI=1S/3C22H33N6O9PS/c3*1-5-33-20(30)24-7-6-21(2,3)18(29)39-9-8-34-38(32)35-11-14-15(37-38)22(4,31)17(36-14)28-12-26-13-10-25-19(23)27-16(13)28/h3*10,12,14-15,17,31H,5-9,11H2,1-4H3,(H,24,30)(H2,23,25,27)/t14-,15-,17-,22-,38?;14-,15-,17-,22-,38+;14-,15-,17-,22-,38-/m111/s1. The molecule has 0 saturated carbocycles. The van der Waals surface area contributed by atoms with Crippen LogP contribution in [0.2, 0.25) is 0 Å². The molecule has 0 aliphatic carbocycles. The first kappa shape index (κ1) is 92.3. The minimum absolute atomic E-state index is 0.0323. The van der Waals surface area contributed by atoms with Crippen molar-refractivity contribution in [1.82, 2.24) is 74.5 Å². The number of phosphoric ester groups is 3. The van der Waals surface area contributed by atoms with E-state index < -0.39 is 130 Å². The molecule has 6 aliphatic heterocycles. The molecule has 0 spiro atoms. The van der Waals surface area contributed by atoms with Gasteiger partial charge in [0, 0.05) is 53.1 Å². The van der Waals surface area contributed by atoms with Crippen molar-refractivity contribution >= 4 is 144 Å². The fourth-order valence-corrected chi connectivity index (χ4v) is 19.9. The van der Waals surface area contributed by atoms with Crippen molar-refractivity contribution in [3.63, 3.8) is 0 Å². The number of aliphatic hydroxyl groups is 3. The molecule has 0 aromatic carbocycles. The van der Waals surface area contributed by atoms with Crippen LogP contribution < -0.4 is 33.2 Å². The van der Waals surface area contributed by atoms with Crippen molar-refractivity contribution in [2.45, 2.75) is 174 Å². The highest BCUT2D eigenvalue weighted by Gasteiger charge is 2.63. The summed E-state index contributed by atoms with van der Waals surface area (Å²) in [5.41, 5.74) is 12.4. The molecular weight excluding hydrogens is 1670 g/mol. The number of aromatic nitrogens is 12. The maximum atomic E-state index is 13.2. The monoisotopic (exact) mass is 1760 g/mol. The number of anilines is 3. The van der Waals surface area contributed by atoms with E-state index in [0.717, 1.165) is 35.3 Å². The van der Waals surface area contributed by atoms with Crippen LogP contribution >= 0.6 is 58.8 Å². The van der Waals surface area contributed by atoms with Gasteiger partial charge in [-0.15, -0.1) is 0 Å². The number of carbonyl (C=O) groups excluding carboxylic acids is 6. The molecule has 0 bridgehead atoms. The van der Waals surface area contributed by atoms with Crippen molar-refractivity contribution in [3.05, 3.63) is 37.6 Å². The summed E-state index contributed by atoms with van der Waals surface area (Å²) in [5.74, 6) is 0.668. The van der Waals surface area contributed by atoms with E-state index in [4.69, 9.17) is 86.3 Å².